The third-order valence-electron chi connectivity index (χ3n) is 3.59. The molecule has 0 aliphatic heterocycles. The summed E-state index contributed by atoms with van der Waals surface area (Å²) in [6.45, 7) is 7.23. The first-order valence-electron chi connectivity index (χ1n) is 6.46. The van der Waals surface area contributed by atoms with Crippen LogP contribution in [0.5, 0.6) is 0 Å². The Bertz CT molecular complexity index is 444. The summed E-state index contributed by atoms with van der Waals surface area (Å²) >= 11 is 0. The summed E-state index contributed by atoms with van der Waals surface area (Å²) in [7, 11) is 0. The molecule has 0 spiro atoms. The molecule has 2 rings (SSSR count). The van der Waals surface area contributed by atoms with E-state index in [0.717, 1.165) is 37.1 Å². The molecule has 0 saturated heterocycles. The second-order valence-electron chi connectivity index (χ2n) is 5.40. The van der Waals surface area contributed by atoms with Gasteiger partial charge in [0.05, 0.1) is 5.56 Å². The van der Waals surface area contributed by atoms with Gasteiger partial charge in [-0.05, 0) is 44.1 Å². The number of aromatic carboxylic acids is 1. The van der Waals surface area contributed by atoms with Gasteiger partial charge in [0, 0.05) is 17.9 Å². The lowest BCUT2D eigenvalue weighted by Gasteiger charge is -2.17. The first-order chi connectivity index (χ1) is 8.02. The molecule has 1 N–H and O–H groups in total. The van der Waals surface area contributed by atoms with Gasteiger partial charge in [-0.1, -0.05) is 13.8 Å². The van der Waals surface area contributed by atoms with Gasteiger partial charge in [-0.15, -0.1) is 0 Å². The molecule has 1 aromatic rings. The van der Waals surface area contributed by atoms with Gasteiger partial charge in [0.2, 0.25) is 0 Å². The first kappa shape index (κ1) is 12.2. The van der Waals surface area contributed by atoms with E-state index in [9.17, 15) is 9.90 Å². The summed E-state index contributed by atoms with van der Waals surface area (Å²) in [6.07, 6.45) is 4.28. The van der Waals surface area contributed by atoms with Gasteiger partial charge in [0.15, 0.2) is 0 Å². The maximum absolute atomic E-state index is 11.4. The second kappa shape index (κ2) is 4.55. The fourth-order valence-electron chi connectivity index (χ4n) is 2.91. The van der Waals surface area contributed by atoms with Gasteiger partial charge >= 0.3 is 5.97 Å². The van der Waals surface area contributed by atoms with Crippen molar-refractivity contribution in [1.29, 1.82) is 0 Å². The van der Waals surface area contributed by atoms with Crippen LogP contribution in [0.25, 0.3) is 0 Å². The minimum atomic E-state index is -0.761. The Labute approximate surface area is 102 Å². The van der Waals surface area contributed by atoms with Gasteiger partial charge in [0.1, 0.15) is 0 Å². The van der Waals surface area contributed by atoms with E-state index in [1.165, 1.54) is 12.1 Å². The molecule has 0 radical (unpaired) electrons. The van der Waals surface area contributed by atoms with E-state index >= 15 is 0 Å². The fourth-order valence-corrected chi connectivity index (χ4v) is 2.91. The lowest BCUT2D eigenvalue weighted by Crippen LogP contribution is -2.12. The van der Waals surface area contributed by atoms with Crippen LogP contribution in [0.2, 0.25) is 0 Å². The summed E-state index contributed by atoms with van der Waals surface area (Å²) in [5.41, 5.74) is 3.89. The SMILES string of the molecule is Cc1c(C(=O)O)c2c(n1CC(C)C)CCCC2. The van der Waals surface area contributed by atoms with E-state index in [-0.39, 0.29) is 0 Å². The van der Waals surface area contributed by atoms with Gasteiger partial charge in [-0.25, -0.2) is 4.79 Å². The van der Waals surface area contributed by atoms with Crippen molar-refractivity contribution in [3.8, 4) is 0 Å². The zero-order valence-electron chi connectivity index (χ0n) is 10.9. The number of rotatable bonds is 3. The zero-order valence-corrected chi connectivity index (χ0v) is 10.9. The van der Waals surface area contributed by atoms with Crippen molar-refractivity contribution in [2.24, 2.45) is 5.92 Å². The highest BCUT2D eigenvalue weighted by atomic mass is 16.4. The Balaban J connectivity index is 2.55. The quantitative estimate of drug-likeness (QED) is 0.875. The molecule has 0 saturated carbocycles. The maximum Gasteiger partial charge on any atom is 0.337 e. The van der Waals surface area contributed by atoms with E-state index < -0.39 is 5.97 Å². The third-order valence-corrected chi connectivity index (χ3v) is 3.59. The number of hydrogen-bond donors (Lipinski definition) is 1. The number of carboxylic acids is 1. The monoisotopic (exact) mass is 235 g/mol. The molecule has 0 bridgehead atoms. The van der Waals surface area contributed by atoms with Gasteiger partial charge in [-0.2, -0.15) is 0 Å². The smallest absolute Gasteiger partial charge is 0.337 e. The number of hydrogen-bond acceptors (Lipinski definition) is 1. The van der Waals surface area contributed by atoms with Crippen LogP contribution >= 0.6 is 0 Å². The van der Waals surface area contributed by atoms with Crippen molar-refractivity contribution in [3.05, 3.63) is 22.5 Å². The molecular weight excluding hydrogens is 214 g/mol. The summed E-state index contributed by atoms with van der Waals surface area (Å²) < 4.78 is 2.24. The fraction of sp³-hybridized carbons (Fsp3) is 0.643. The van der Waals surface area contributed by atoms with E-state index in [4.69, 9.17) is 0 Å². The van der Waals surface area contributed by atoms with Crippen LogP contribution in [0.3, 0.4) is 0 Å². The lowest BCUT2D eigenvalue weighted by atomic mass is 9.94. The predicted molar refractivity (Wildman–Crippen MR) is 67.6 cm³/mol. The average molecular weight is 235 g/mol. The average Bonchev–Trinajstić information content (AvgIpc) is 2.52. The molecule has 94 valence electrons. The summed E-state index contributed by atoms with van der Waals surface area (Å²) in [5.74, 6) is -0.211. The van der Waals surface area contributed by atoms with Crippen molar-refractivity contribution < 1.29 is 9.90 Å². The van der Waals surface area contributed by atoms with Crippen LogP contribution in [0.4, 0.5) is 0 Å². The van der Waals surface area contributed by atoms with Crippen molar-refractivity contribution in [2.75, 3.05) is 0 Å². The van der Waals surface area contributed by atoms with E-state index in [2.05, 4.69) is 18.4 Å². The van der Waals surface area contributed by atoms with E-state index in [1.807, 2.05) is 6.92 Å². The highest BCUT2D eigenvalue weighted by Gasteiger charge is 2.26. The van der Waals surface area contributed by atoms with Crippen LogP contribution in [-0.4, -0.2) is 15.6 Å². The molecule has 0 amide bonds. The predicted octanol–water partition coefficient (Wildman–Crippen LogP) is 3.03. The molecule has 1 aliphatic carbocycles. The molecule has 0 aromatic carbocycles. The molecule has 1 heterocycles. The topological polar surface area (TPSA) is 42.2 Å². The number of carboxylic acid groups (broad SMARTS) is 1. The van der Waals surface area contributed by atoms with Crippen molar-refractivity contribution in [1.82, 2.24) is 4.57 Å². The minimum Gasteiger partial charge on any atom is -0.478 e. The van der Waals surface area contributed by atoms with E-state index in [1.54, 1.807) is 0 Å². The Morgan fingerprint density at radius 2 is 2.00 bits per heavy atom. The van der Waals surface area contributed by atoms with Gasteiger partial charge < -0.3 is 9.67 Å². The Kier molecular flexibility index (Phi) is 3.27. The van der Waals surface area contributed by atoms with Crippen LogP contribution in [0, 0.1) is 12.8 Å². The number of carbonyl (C=O) groups is 1. The Hall–Kier alpha value is -1.25. The van der Waals surface area contributed by atoms with Crippen LogP contribution in [-0.2, 0) is 19.4 Å². The largest absolute Gasteiger partial charge is 0.478 e. The van der Waals surface area contributed by atoms with Crippen LogP contribution in [0.1, 0.15) is 54.0 Å². The molecule has 17 heavy (non-hydrogen) atoms. The lowest BCUT2D eigenvalue weighted by molar-refractivity contribution is 0.0694. The minimum absolute atomic E-state index is 0.550. The van der Waals surface area contributed by atoms with Crippen LogP contribution < -0.4 is 0 Å². The van der Waals surface area contributed by atoms with Crippen LogP contribution in [0.15, 0.2) is 0 Å². The third kappa shape index (κ3) is 2.11. The summed E-state index contributed by atoms with van der Waals surface area (Å²) in [5, 5.41) is 9.36. The highest BCUT2D eigenvalue weighted by molar-refractivity contribution is 5.91. The zero-order chi connectivity index (χ0) is 12.6. The molecule has 0 unspecified atom stereocenters. The first-order valence-corrected chi connectivity index (χ1v) is 6.46. The normalized spacial score (nSPS) is 15.1. The summed E-state index contributed by atoms with van der Waals surface area (Å²) in [6, 6.07) is 0. The number of fused-ring (bicyclic) bond motifs is 1. The van der Waals surface area contributed by atoms with Crippen molar-refractivity contribution >= 4 is 5.97 Å². The molecule has 0 atom stereocenters. The molecule has 3 nitrogen and oxygen atoms in total. The van der Waals surface area contributed by atoms with E-state index in [0.29, 0.717) is 11.5 Å². The molecule has 1 aromatic heterocycles. The summed E-state index contributed by atoms with van der Waals surface area (Å²) in [4.78, 5) is 11.4. The highest BCUT2D eigenvalue weighted by Crippen LogP contribution is 2.30. The molecule has 1 aliphatic rings. The van der Waals surface area contributed by atoms with Crippen molar-refractivity contribution in [2.45, 2.75) is 53.0 Å². The number of nitrogens with zero attached hydrogens (tertiary/aromatic N) is 1. The molecule has 3 heteroatoms. The van der Waals surface area contributed by atoms with Gasteiger partial charge in [0.25, 0.3) is 0 Å². The molecular formula is C14H21NO2. The second-order valence-corrected chi connectivity index (χ2v) is 5.40. The van der Waals surface area contributed by atoms with Gasteiger partial charge in [-0.3, -0.25) is 0 Å². The Morgan fingerprint density at radius 1 is 1.35 bits per heavy atom. The van der Waals surface area contributed by atoms with Crippen molar-refractivity contribution in [3.63, 3.8) is 0 Å². The Morgan fingerprint density at radius 3 is 2.59 bits per heavy atom. The maximum atomic E-state index is 11.4. The standard InChI is InChI=1S/C14H21NO2/c1-9(2)8-15-10(3)13(14(16)17)11-6-4-5-7-12(11)15/h9H,4-8H2,1-3H3,(H,16,17). The number of aromatic nitrogens is 1. The molecule has 0 fully saturated rings.